The topological polar surface area (TPSA) is 96.0 Å². The molecule has 0 saturated heterocycles. The first kappa shape index (κ1) is 19.1. The van der Waals surface area contributed by atoms with Gasteiger partial charge in [-0.05, 0) is 19.3 Å². The van der Waals surface area contributed by atoms with Crippen LogP contribution in [-0.2, 0) is 0 Å². The Labute approximate surface area is 159 Å². The number of ketones is 2. The van der Waals surface area contributed by atoms with Crippen molar-refractivity contribution in [2.24, 2.45) is 11.7 Å². The molecule has 0 radical (unpaired) electrons. The van der Waals surface area contributed by atoms with E-state index in [1.54, 1.807) is 36.4 Å². The average Bonchev–Trinajstić information content (AvgIpc) is 2.71. The van der Waals surface area contributed by atoms with Crippen LogP contribution in [0.5, 0.6) is 0 Å². The van der Waals surface area contributed by atoms with E-state index in [9.17, 15) is 9.59 Å². The first-order valence-electron chi connectivity index (χ1n) is 9.30. The van der Waals surface area contributed by atoms with Gasteiger partial charge in [0, 0.05) is 29.1 Å². The summed E-state index contributed by atoms with van der Waals surface area (Å²) in [4.78, 5) is 24.9. The van der Waals surface area contributed by atoms with Gasteiger partial charge < -0.3 is 16.5 Å². The largest absolute Gasteiger partial charge is 0.328 e. The molecule has 1 saturated carbocycles. The summed E-state index contributed by atoms with van der Waals surface area (Å²) >= 11 is 0. The van der Waals surface area contributed by atoms with E-state index in [1.165, 1.54) is 0 Å². The molecule has 27 heavy (non-hydrogen) atoms. The maximum absolute atomic E-state index is 12.6. The highest BCUT2D eigenvalue weighted by Crippen LogP contribution is 2.26. The molecule has 0 aromatic heterocycles. The van der Waals surface area contributed by atoms with Crippen molar-refractivity contribution in [3.8, 4) is 0 Å². The second-order valence-corrected chi connectivity index (χ2v) is 7.14. The Balaban J connectivity index is 1.59. The minimum atomic E-state index is -0.242. The minimum absolute atomic E-state index is 0.0235. The molecule has 0 heterocycles. The van der Waals surface area contributed by atoms with E-state index in [0.717, 1.165) is 6.42 Å². The number of Topliss-reactive ketones (excluding diaryl/α,β-unsaturated/α-hetero) is 2. The summed E-state index contributed by atoms with van der Waals surface area (Å²) < 4.78 is 0. The van der Waals surface area contributed by atoms with Gasteiger partial charge in [0.2, 0.25) is 5.78 Å². The van der Waals surface area contributed by atoms with Crippen molar-refractivity contribution in [2.75, 3.05) is 6.54 Å². The molecule has 1 aliphatic carbocycles. The van der Waals surface area contributed by atoms with Gasteiger partial charge in [-0.25, -0.2) is 0 Å². The fourth-order valence-corrected chi connectivity index (χ4v) is 3.66. The fourth-order valence-electron chi connectivity index (χ4n) is 3.66. The van der Waals surface area contributed by atoms with Crippen LogP contribution >= 0.6 is 0 Å². The third kappa shape index (κ3) is 4.96. The molecule has 2 aromatic rings. The molecule has 0 aliphatic heterocycles. The van der Waals surface area contributed by atoms with Crippen molar-refractivity contribution < 1.29 is 9.59 Å². The SMILES string of the molecule is N=C(C(=O)c1ccccc1)[C@@H]1C[C@H](N)C[C@H](NCC(=O)c2ccccc2)C1. The highest BCUT2D eigenvalue weighted by atomic mass is 16.1. The molecule has 3 rings (SSSR count). The van der Waals surface area contributed by atoms with E-state index in [2.05, 4.69) is 5.32 Å². The number of hydrogen-bond donors (Lipinski definition) is 3. The highest BCUT2D eigenvalue weighted by Gasteiger charge is 2.32. The van der Waals surface area contributed by atoms with Crippen LogP contribution in [0.4, 0.5) is 0 Å². The van der Waals surface area contributed by atoms with Gasteiger partial charge in [-0.15, -0.1) is 0 Å². The summed E-state index contributed by atoms with van der Waals surface area (Å²) in [5, 5.41) is 11.6. The highest BCUT2D eigenvalue weighted by molar-refractivity contribution is 6.45. The number of carbonyl (C=O) groups excluding carboxylic acids is 2. The lowest BCUT2D eigenvalue weighted by atomic mass is 9.78. The van der Waals surface area contributed by atoms with Crippen molar-refractivity contribution in [1.82, 2.24) is 5.32 Å². The van der Waals surface area contributed by atoms with Gasteiger partial charge in [0.15, 0.2) is 5.78 Å². The summed E-state index contributed by atoms with van der Waals surface area (Å²) in [5.74, 6) is -0.402. The Hall–Kier alpha value is -2.63. The molecule has 1 aliphatic rings. The van der Waals surface area contributed by atoms with Gasteiger partial charge >= 0.3 is 0 Å². The number of carbonyl (C=O) groups is 2. The molecule has 5 heteroatoms. The lowest BCUT2D eigenvalue weighted by molar-refractivity contribution is 0.0980. The summed E-state index contributed by atoms with van der Waals surface area (Å²) in [6.07, 6.45) is 2.01. The summed E-state index contributed by atoms with van der Waals surface area (Å²) in [6, 6.07) is 18.0. The summed E-state index contributed by atoms with van der Waals surface area (Å²) in [6.45, 7) is 0.230. The monoisotopic (exact) mass is 363 g/mol. The molecule has 0 bridgehead atoms. The first-order valence-corrected chi connectivity index (χ1v) is 9.30. The molecule has 140 valence electrons. The number of rotatable bonds is 7. The molecular weight excluding hydrogens is 338 g/mol. The Bertz CT molecular complexity index is 805. The van der Waals surface area contributed by atoms with Crippen molar-refractivity contribution >= 4 is 17.3 Å². The van der Waals surface area contributed by atoms with Crippen LogP contribution in [0, 0.1) is 11.3 Å². The minimum Gasteiger partial charge on any atom is -0.328 e. The standard InChI is InChI=1S/C22H25N3O2/c23-18-11-17(21(24)22(27)16-9-5-2-6-10-16)12-19(13-18)25-14-20(26)15-7-3-1-4-8-15/h1-10,17-19,24-25H,11-14,23H2/t17-,18+,19-/m1/s1. The van der Waals surface area contributed by atoms with E-state index < -0.39 is 0 Å². The number of nitrogens with one attached hydrogen (secondary N) is 2. The lowest BCUT2D eigenvalue weighted by Crippen LogP contribution is -2.46. The third-order valence-electron chi connectivity index (χ3n) is 5.08. The Morgan fingerprint density at radius 1 is 0.926 bits per heavy atom. The quantitative estimate of drug-likeness (QED) is 0.521. The number of nitrogens with two attached hydrogens (primary N) is 1. The zero-order valence-corrected chi connectivity index (χ0v) is 15.2. The van der Waals surface area contributed by atoms with Crippen LogP contribution in [0.15, 0.2) is 60.7 Å². The van der Waals surface area contributed by atoms with Crippen LogP contribution in [0.3, 0.4) is 0 Å². The van der Waals surface area contributed by atoms with Crippen LogP contribution in [0.2, 0.25) is 0 Å². The normalized spacial score (nSPS) is 22.2. The average molecular weight is 363 g/mol. The maximum atomic E-state index is 12.6. The maximum Gasteiger partial charge on any atom is 0.206 e. The molecule has 3 atom stereocenters. The van der Waals surface area contributed by atoms with E-state index in [1.807, 2.05) is 24.3 Å². The van der Waals surface area contributed by atoms with Crippen molar-refractivity contribution in [2.45, 2.75) is 31.3 Å². The third-order valence-corrected chi connectivity index (χ3v) is 5.08. The predicted octanol–water partition coefficient (Wildman–Crippen LogP) is 2.86. The Kier molecular flexibility index (Phi) is 6.27. The smallest absolute Gasteiger partial charge is 0.206 e. The van der Waals surface area contributed by atoms with Crippen molar-refractivity contribution in [3.05, 3.63) is 71.8 Å². The molecule has 0 unspecified atom stereocenters. The molecule has 0 amide bonds. The zero-order valence-electron chi connectivity index (χ0n) is 15.2. The Morgan fingerprint density at radius 2 is 1.52 bits per heavy atom. The van der Waals surface area contributed by atoms with Crippen LogP contribution in [-0.4, -0.2) is 35.9 Å². The van der Waals surface area contributed by atoms with E-state index in [4.69, 9.17) is 11.1 Å². The zero-order chi connectivity index (χ0) is 19.2. The predicted molar refractivity (Wildman–Crippen MR) is 106 cm³/mol. The second kappa shape index (κ2) is 8.84. The van der Waals surface area contributed by atoms with Gasteiger partial charge in [-0.3, -0.25) is 9.59 Å². The van der Waals surface area contributed by atoms with Crippen molar-refractivity contribution in [1.29, 1.82) is 5.41 Å². The molecule has 5 nitrogen and oxygen atoms in total. The van der Waals surface area contributed by atoms with Crippen molar-refractivity contribution in [3.63, 3.8) is 0 Å². The molecule has 4 N–H and O–H groups in total. The Morgan fingerprint density at radius 3 is 2.15 bits per heavy atom. The van der Waals surface area contributed by atoms with Crippen LogP contribution in [0.25, 0.3) is 0 Å². The second-order valence-electron chi connectivity index (χ2n) is 7.14. The van der Waals surface area contributed by atoms with E-state index >= 15 is 0 Å². The van der Waals surface area contributed by atoms with E-state index in [0.29, 0.717) is 24.0 Å². The number of benzene rings is 2. The van der Waals surface area contributed by atoms with Gasteiger partial charge in [-0.1, -0.05) is 60.7 Å². The van der Waals surface area contributed by atoms with Gasteiger partial charge in [0.25, 0.3) is 0 Å². The molecular formula is C22H25N3O2. The summed E-state index contributed by atoms with van der Waals surface area (Å²) in [5.41, 5.74) is 7.49. The molecule has 0 spiro atoms. The van der Waals surface area contributed by atoms with Gasteiger partial charge in [-0.2, -0.15) is 0 Å². The molecule has 1 fully saturated rings. The number of hydrogen-bond acceptors (Lipinski definition) is 5. The lowest BCUT2D eigenvalue weighted by Gasteiger charge is -2.33. The van der Waals surface area contributed by atoms with E-state index in [-0.39, 0.29) is 41.8 Å². The van der Waals surface area contributed by atoms with Crippen LogP contribution in [0.1, 0.15) is 40.0 Å². The molecule has 2 aromatic carbocycles. The fraction of sp³-hybridized carbons (Fsp3) is 0.318. The van der Waals surface area contributed by atoms with Crippen LogP contribution < -0.4 is 11.1 Å². The first-order chi connectivity index (χ1) is 13.0. The van der Waals surface area contributed by atoms with Gasteiger partial charge in [0.05, 0.1) is 12.3 Å². The van der Waals surface area contributed by atoms with Gasteiger partial charge in [0.1, 0.15) is 0 Å². The summed E-state index contributed by atoms with van der Waals surface area (Å²) in [7, 11) is 0.